The zero-order valence-corrected chi connectivity index (χ0v) is 17.3. The summed E-state index contributed by atoms with van der Waals surface area (Å²) in [6, 6.07) is 11.3. The summed E-state index contributed by atoms with van der Waals surface area (Å²) in [5, 5.41) is 0. The van der Waals surface area contributed by atoms with E-state index in [0.717, 1.165) is 55.5 Å². The van der Waals surface area contributed by atoms with Gasteiger partial charge in [-0.25, -0.2) is 13.4 Å². The Morgan fingerprint density at radius 3 is 2.76 bits per heavy atom. The first-order valence-electron chi connectivity index (χ1n) is 10.2. The fourth-order valence-electron chi connectivity index (χ4n) is 4.06. The molecular weight excluding hydrogens is 384 g/mol. The standard InChI is InChI=1S/C23H24N2O3S/c1-15-9-10-18(21-14-24-23(28-21)17-11-12-17)13-22(15)29(26,27)25-20-8-4-6-16-5-2-3-7-19(16)20/h4,6,8-10,13-14,17,25H,2-3,5,7,11-12H2,1H3. The van der Waals surface area contributed by atoms with E-state index in [1.165, 1.54) is 5.56 Å². The molecule has 1 aromatic heterocycles. The van der Waals surface area contributed by atoms with Crippen molar-refractivity contribution in [3.8, 4) is 11.3 Å². The van der Waals surface area contributed by atoms with Gasteiger partial charge in [-0.15, -0.1) is 0 Å². The number of sulfonamides is 1. The quantitative estimate of drug-likeness (QED) is 0.629. The largest absolute Gasteiger partial charge is 0.440 e. The molecule has 6 heteroatoms. The number of hydrogen-bond donors (Lipinski definition) is 1. The van der Waals surface area contributed by atoms with Crippen LogP contribution in [0.5, 0.6) is 0 Å². The van der Waals surface area contributed by atoms with Crippen molar-refractivity contribution in [3.63, 3.8) is 0 Å². The number of nitrogens with zero attached hydrogens (tertiary/aromatic N) is 1. The fraction of sp³-hybridized carbons (Fsp3) is 0.348. The first kappa shape index (κ1) is 18.4. The maximum atomic E-state index is 13.3. The van der Waals surface area contributed by atoms with Gasteiger partial charge in [0.1, 0.15) is 0 Å². The Bertz CT molecular complexity index is 1180. The zero-order valence-electron chi connectivity index (χ0n) is 16.4. The second kappa shape index (κ2) is 7.02. The molecule has 1 saturated carbocycles. The maximum absolute atomic E-state index is 13.3. The summed E-state index contributed by atoms with van der Waals surface area (Å²) in [5.41, 5.74) is 4.50. The smallest absolute Gasteiger partial charge is 0.262 e. The Kier molecular flexibility index (Phi) is 4.46. The van der Waals surface area contributed by atoms with Crippen LogP contribution in [0.25, 0.3) is 11.3 Å². The van der Waals surface area contributed by atoms with Gasteiger partial charge < -0.3 is 4.42 Å². The third kappa shape index (κ3) is 3.57. The van der Waals surface area contributed by atoms with Crippen LogP contribution < -0.4 is 4.72 Å². The number of hydrogen-bond acceptors (Lipinski definition) is 4. The molecular formula is C23H24N2O3S. The molecule has 2 aromatic carbocycles. The molecule has 0 saturated heterocycles. The van der Waals surface area contributed by atoms with Crippen LogP contribution in [0.3, 0.4) is 0 Å². The van der Waals surface area contributed by atoms with Gasteiger partial charge in [0.2, 0.25) is 0 Å². The molecule has 5 nitrogen and oxygen atoms in total. The molecule has 3 aromatic rings. The van der Waals surface area contributed by atoms with Crippen LogP contribution in [-0.4, -0.2) is 13.4 Å². The lowest BCUT2D eigenvalue weighted by atomic mass is 9.91. The van der Waals surface area contributed by atoms with Crippen molar-refractivity contribution in [1.29, 1.82) is 0 Å². The maximum Gasteiger partial charge on any atom is 0.262 e. The molecule has 0 unspecified atom stereocenters. The predicted octanol–water partition coefficient (Wildman–Crippen LogP) is 5.21. The van der Waals surface area contributed by atoms with Crippen molar-refractivity contribution in [2.75, 3.05) is 4.72 Å². The van der Waals surface area contributed by atoms with E-state index < -0.39 is 10.0 Å². The zero-order chi connectivity index (χ0) is 20.0. The Labute approximate surface area is 171 Å². The number of benzene rings is 2. The van der Waals surface area contributed by atoms with Crippen molar-refractivity contribution in [2.45, 2.75) is 56.3 Å². The molecule has 5 rings (SSSR count). The van der Waals surface area contributed by atoms with Gasteiger partial charge in [-0.2, -0.15) is 0 Å². The van der Waals surface area contributed by atoms with E-state index >= 15 is 0 Å². The SMILES string of the molecule is Cc1ccc(-c2cnc(C3CC3)o2)cc1S(=O)(=O)Nc1cccc2c1CCCC2. The van der Waals surface area contributed by atoms with Gasteiger partial charge in [0, 0.05) is 11.5 Å². The van der Waals surface area contributed by atoms with Gasteiger partial charge in [-0.05, 0) is 74.3 Å². The van der Waals surface area contributed by atoms with E-state index in [1.54, 1.807) is 12.3 Å². The summed E-state index contributed by atoms with van der Waals surface area (Å²) in [5.74, 6) is 1.78. The molecule has 0 radical (unpaired) electrons. The van der Waals surface area contributed by atoms with Crippen molar-refractivity contribution >= 4 is 15.7 Å². The van der Waals surface area contributed by atoms with Gasteiger partial charge in [0.05, 0.1) is 16.8 Å². The minimum absolute atomic E-state index is 0.271. The van der Waals surface area contributed by atoms with Crippen LogP contribution in [0.4, 0.5) is 5.69 Å². The summed E-state index contributed by atoms with van der Waals surface area (Å²) in [6.45, 7) is 1.81. The number of oxazole rings is 1. The molecule has 0 bridgehead atoms. The van der Waals surface area contributed by atoms with Crippen LogP contribution in [0.15, 0.2) is 51.9 Å². The lowest BCUT2D eigenvalue weighted by molar-refractivity contribution is 0.509. The monoisotopic (exact) mass is 408 g/mol. The van der Waals surface area contributed by atoms with E-state index in [9.17, 15) is 8.42 Å². The van der Waals surface area contributed by atoms with E-state index in [-0.39, 0.29) is 4.90 Å². The Morgan fingerprint density at radius 1 is 1.10 bits per heavy atom. The summed E-state index contributed by atoms with van der Waals surface area (Å²) >= 11 is 0. The minimum Gasteiger partial charge on any atom is -0.440 e. The van der Waals surface area contributed by atoms with Crippen molar-refractivity contribution < 1.29 is 12.8 Å². The van der Waals surface area contributed by atoms with Crippen molar-refractivity contribution in [2.24, 2.45) is 0 Å². The van der Waals surface area contributed by atoms with Crippen LogP contribution in [0.2, 0.25) is 0 Å². The topological polar surface area (TPSA) is 72.2 Å². The van der Waals surface area contributed by atoms with E-state index in [1.807, 2.05) is 31.2 Å². The molecule has 0 amide bonds. The van der Waals surface area contributed by atoms with Gasteiger partial charge in [-0.1, -0.05) is 24.3 Å². The second-order valence-electron chi connectivity index (χ2n) is 8.07. The van der Waals surface area contributed by atoms with E-state index in [2.05, 4.69) is 15.8 Å². The minimum atomic E-state index is -3.72. The normalized spacial score (nSPS) is 16.4. The molecule has 1 N–H and O–H groups in total. The number of aromatic nitrogens is 1. The van der Waals surface area contributed by atoms with Crippen LogP contribution >= 0.6 is 0 Å². The van der Waals surface area contributed by atoms with Crippen molar-refractivity contribution in [1.82, 2.24) is 4.98 Å². The van der Waals surface area contributed by atoms with Gasteiger partial charge in [0.15, 0.2) is 11.7 Å². The van der Waals surface area contributed by atoms with Gasteiger partial charge >= 0.3 is 0 Å². The average molecular weight is 409 g/mol. The van der Waals surface area contributed by atoms with E-state index in [0.29, 0.717) is 22.9 Å². The molecule has 2 aliphatic rings. The highest BCUT2D eigenvalue weighted by Gasteiger charge is 2.29. The number of fused-ring (bicyclic) bond motifs is 1. The molecule has 0 spiro atoms. The fourth-order valence-corrected chi connectivity index (χ4v) is 5.42. The highest BCUT2D eigenvalue weighted by molar-refractivity contribution is 7.92. The van der Waals surface area contributed by atoms with Crippen LogP contribution in [0, 0.1) is 6.92 Å². The highest BCUT2D eigenvalue weighted by atomic mass is 32.2. The molecule has 1 fully saturated rings. The lowest BCUT2D eigenvalue weighted by Gasteiger charge is -2.20. The summed E-state index contributed by atoms with van der Waals surface area (Å²) in [7, 11) is -3.72. The molecule has 0 atom stereocenters. The van der Waals surface area contributed by atoms with Crippen LogP contribution in [0.1, 0.15) is 54.2 Å². The Balaban J connectivity index is 1.49. The summed E-state index contributed by atoms with van der Waals surface area (Å²) in [4.78, 5) is 4.62. The Hall–Kier alpha value is -2.60. The van der Waals surface area contributed by atoms with Gasteiger partial charge in [-0.3, -0.25) is 4.72 Å². The van der Waals surface area contributed by atoms with Crippen LogP contribution in [-0.2, 0) is 22.9 Å². The third-order valence-electron chi connectivity index (χ3n) is 5.85. The van der Waals surface area contributed by atoms with Crippen molar-refractivity contribution in [3.05, 3.63) is 65.2 Å². The highest BCUT2D eigenvalue weighted by Crippen LogP contribution is 2.41. The molecule has 0 aliphatic heterocycles. The third-order valence-corrected chi connectivity index (χ3v) is 7.36. The number of aryl methyl sites for hydroxylation is 2. The van der Waals surface area contributed by atoms with Gasteiger partial charge in [0.25, 0.3) is 10.0 Å². The first-order valence-corrected chi connectivity index (χ1v) is 11.7. The number of rotatable bonds is 5. The summed E-state index contributed by atoms with van der Waals surface area (Å²) in [6.07, 6.45) is 8.08. The molecule has 1 heterocycles. The second-order valence-corrected chi connectivity index (χ2v) is 9.72. The lowest BCUT2D eigenvalue weighted by Crippen LogP contribution is -2.17. The Morgan fingerprint density at radius 2 is 1.93 bits per heavy atom. The number of nitrogens with one attached hydrogen (secondary N) is 1. The predicted molar refractivity (Wildman–Crippen MR) is 113 cm³/mol. The first-order chi connectivity index (χ1) is 14.0. The van der Waals surface area contributed by atoms with E-state index in [4.69, 9.17) is 4.42 Å². The molecule has 29 heavy (non-hydrogen) atoms. The molecule has 2 aliphatic carbocycles. The average Bonchev–Trinajstić information content (AvgIpc) is 3.45. The number of anilines is 1. The summed E-state index contributed by atoms with van der Waals surface area (Å²) < 4.78 is 35.2. The molecule has 150 valence electrons.